The highest BCUT2D eigenvalue weighted by Crippen LogP contribution is 2.29. The molecule has 0 saturated carbocycles. The van der Waals surface area contributed by atoms with Crippen LogP contribution in [0.15, 0.2) is 46.9 Å². The van der Waals surface area contributed by atoms with Gasteiger partial charge in [0.1, 0.15) is 5.75 Å². The van der Waals surface area contributed by atoms with Gasteiger partial charge >= 0.3 is 0 Å². The first-order valence-corrected chi connectivity index (χ1v) is 7.41. The predicted octanol–water partition coefficient (Wildman–Crippen LogP) is 4.09. The molecule has 0 fully saturated rings. The molecule has 0 aliphatic rings. The lowest BCUT2D eigenvalue weighted by atomic mass is 10.2. The molecule has 0 spiro atoms. The topological polar surface area (TPSA) is 64.3 Å². The maximum Gasteiger partial charge on any atom is 0.265 e. The molecule has 110 valence electrons. The maximum absolute atomic E-state index is 12.1. The van der Waals surface area contributed by atoms with E-state index in [0.717, 1.165) is 4.47 Å². The van der Waals surface area contributed by atoms with E-state index in [0.29, 0.717) is 22.1 Å². The molecule has 0 aliphatic carbocycles. The molecule has 0 heterocycles. The maximum atomic E-state index is 12.1. The van der Waals surface area contributed by atoms with E-state index in [4.69, 9.17) is 22.1 Å². The number of benzene rings is 2. The molecule has 0 aliphatic heterocycles. The summed E-state index contributed by atoms with van der Waals surface area (Å²) < 4.78 is 6.41. The fourth-order valence-electron chi connectivity index (χ4n) is 1.66. The molecule has 2 aromatic carbocycles. The zero-order chi connectivity index (χ0) is 15.4. The third-order valence-electron chi connectivity index (χ3n) is 2.78. The van der Waals surface area contributed by atoms with Gasteiger partial charge in [0, 0.05) is 4.47 Å². The van der Waals surface area contributed by atoms with E-state index in [-0.39, 0.29) is 5.91 Å². The van der Waals surface area contributed by atoms with Crippen LogP contribution in [-0.2, 0) is 4.79 Å². The zero-order valence-corrected chi connectivity index (χ0v) is 13.6. The van der Waals surface area contributed by atoms with Crippen molar-refractivity contribution in [2.24, 2.45) is 0 Å². The van der Waals surface area contributed by atoms with Crippen molar-refractivity contribution in [2.45, 2.75) is 13.0 Å². The summed E-state index contributed by atoms with van der Waals surface area (Å²) in [5.41, 5.74) is 6.84. The lowest BCUT2D eigenvalue weighted by molar-refractivity contribution is -0.122. The van der Waals surface area contributed by atoms with Crippen molar-refractivity contribution in [2.75, 3.05) is 11.1 Å². The lowest BCUT2D eigenvalue weighted by Crippen LogP contribution is -2.30. The summed E-state index contributed by atoms with van der Waals surface area (Å²) in [5.74, 6) is 0.138. The minimum absolute atomic E-state index is 0.302. The Morgan fingerprint density at radius 1 is 1.33 bits per heavy atom. The van der Waals surface area contributed by atoms with Gasteiger partial charge in [-0.1, -0.05) is 39.7 Å². The largest absolute Gasteiger partial charge is 0.479 e. The van der Waals surface area contributed by atoms with Gasteiger partial charge in [-0.05, 0) is 37.3 Å². The first kappa shape index (κ1) is 15.7. The van der Waals surface area contributed by atoms with E-state index in [9.17, 15) is 4.79 Å². The van der Waals surface area contributed by atoms with Crippen LogP contribution >= 0.6 is 27.5 Å². The molecule has 1 atom stereocenters. The standard InChI is InChI=1S/C15H14BrClN2O2/c1-9(21-14-8-10(16)6-7-11(14)17)15(20)19-13-5-3-2-4-12(13)18/h2-9H,18H2,1H3,(H,19,20). The fourth-order valence-corrected chi connectivity index (χ4v) is 2.16. The normalized spacial score (nSPS) is 11.8. The molecule has 0 radical (unpaired) electrons. The predicted molar refractivity (Wildman–Crippen MR) is 88.7 cm³/mol. The van der Waals surface area contributed by atoms with Crippen molar-refractivity contribution in [1.82, 2.24) is 0 Å². The second kappa shape index (κ2) is 6.83. The van der Waals surface area contributed by atoms with E-state index in [2.05, 4.69) is 21.2 Å². The summed E-state index contributed by atoms with van der Waals surface area (Å²) in [6.07, 6.45) is -0.712. The first-order chi connectivity index (χ1) is 9.97. The molecule has 0 bridgehead atoms. The van der Waals surface area contributed by atoms with Gasteiger partial charge in [-0.15, -0.1) is 0 Å². The van der Waals surface area contributed by atoms with Crippen LogP contribution in [0.3, 0.4) is 0 Å². The molecule has 0 aromatic heterocycles. The summed E-state index contributed by atoms with van der Waals surface area (Å²) in [6.45, 7) is 1.64. The van der Waals surface area contributed by atoms with E-state index >= 15 is 0 Å². The highest BCUT2D eigenvalue weighted by atomic mass is 79.9. The molecule has 4 nitrogen and oxygen atoms in total. The second-order valence-electron chi connectivity index (χ2n) is 4.41. The molecule has 6 heteroatoms. The monoisotopic (exact) mass is 368 g/mol. The number of para-hydroxylation sites is 2. The Morgan fingerprint density at radius 2 is 2.05 bits per heavy atom. The molecule has 0 saturated heterocycles. The SMILES string of the molecule is CC(Oc1cc(Br)ccc1Cl)C(=O)Nc1ccccc1N. The Labute approximate surface area is 136 Å². The van der Waals surface area contributed by atoms with Gasteiger partial charge in [-0.2, -0.15) is 0 Å². The average molecular weight is 370 g/mol. The van der Waals surface area contributed by atoms with E-state index < -0.39 is 6.10 Å². The zero-order valence-electron chi connectivity index (χ0n) is 11.3. The Hall–Kier alpha value is -1.72. The summed E-state index contributed by atoms with van der Waals surface area (Å²) in [5, 5.41) is 3.16. The number of hydrogen-bond acceptors (Lipinski definition) is 3. The van der Waals surface area contributed by atoms with Gasteiger partial charge in [0.25, 0.3) is 5.91 Å². The number of carbonyl (C=O) groups excluding carboxylic acids is 1. The highest BCUT2D eigenvalue weighted by molar-refractivity contribution is 9.10. The Balaban J connectivity index is 2.06. The Morgan fingerprint density at radius 3 is 2.76 bits per heavy atom. The van der Waals surface area contributed by atoms with Crippen molar-refractivity contribution in [1.29, 1.82) is 0 Å². The summed E-state index contributed by atoms with van der Waals surface area (Å²) >= 11 is 9.36. The third kappa shape index (κ3) is 4.12. The van der Waals surface area contributed by atoms with E-state index in [1.807, 2.05) is 0 Å². The van der Waals surface area contributed by atoms with Crippen LogP contribution in [-0.4, -0.2) is 12.0 Å². The Bertz CT molecular complexity index is 664. The quantitative estimate of drug-likeness (QED) is 0.798. The van der Waals surface area contributed by atoms with Crippen molar-refractivity contribution >= 4 is 44.8 Å². The molecule has 1 unspecified atom stereocenters. The van der Waals surface area contributed by atoms with E-state index in [1.165, 1.54) is 0 Å². The number of nitrogen functional groups attached to an aromatic ring is 1. The van der Waals surface area contributed by atoms with Crippen LogP contribution in [0.1, 0.15) is 6.92 Å². The number of hydrogen-bond donors (Lipinski definition) is 2. The fraction of sp³-hybridized carbons (Fsp3) is 0.133. The van der Waals surface area contributed by atoms with Crippen LogP contribution in [0.25, 0.3) is 0 Å². The van der Waals surface area contributed by atoms with Gasteiger partial charge in [0.15, 0.2) is 6.10 Å². The molecule has 2 rings (SSSR count). The van der Waals surface area contributed by atoms with Crippen LogP contribution < -0.4 is 15.8 Å². The third-order valence-corrected chi connectivity index (χ3v) is 3.59. The van der Waals surface area contributed by atoms with Crippen molar-refractivity contribution < 1.29 is 9.53 Å². The first-order valence-electron chi connectivity index (χ1n) is 6.24. The molecular weight excluding hydrogens is 356 g/mol. The van der Waals surface area contributed by atoms with Gasteiger partial charge in [-0.3, -0.25) is 4.79 Å². The number of anilines is 2. The summed E-state index contributed by atoms with van der Waals surface area (Å²) in [6, 6.07) is 12.2. The molecule has 1 amide bonds. The highest BCUT2D eigenvalue weighted by Gasteiger charge is 2.17. The number of carbonyl (C=O) groups is 1. The van der Waals surface area contributed by atoms with Gasteiger partial charge < -0.3 is 15.8 Å². The van der Waals surface area contributed by atoms with Crippen LogP contribution in [0.2, 0.25) is 5.02 Å². The number of ether oxygens (including phenoxy) is 1. The number of amides is 1. The van der Waals surface area contributed by atoms with Crippen LogP contribution in [0.5, 0.6) is 5.75 Å². The smallest absolute Gasteiger partial charge is 0.265 e. The minimum atomic E-state index is -0.712. The van der Waals surface area contributed by atoms with Gasteiger partial charge in [0.2, 0.25) is 0 Å². The van der Waals surface area contributed by atoms with Crippen LogP contribution in [0, 0.1) is 0 Å². The number of nitrogens with two attached hydrogens (primary N) is 1. The molecule has 21 heavy (non-hydrogen) atoms. The summed E-state index contributed by atoms with van der Waals surface area (Å²) in [4.78, 5) is 12.1. The lowest BCUT2D eigenvalue weighted by Gasteiger charge is -2.16. The number of rotatable bonds is 4. The average Bonchev–Trinajstić information content (AvgIpc) is 2.45. The second-order valence-corrected chi connectivity index (χ2v) is 5.73. The van der Waals surface area contributed by atoms with Crippen molar-refractivity contribution in [3.63, 3.8) is 0 Å². The van der Waals surface area contributed by atoms with E-state index in [1.54, 1.807) is 49.4 Å². The van der Waals surface area contributed by atoms with Gasteiger partial charge in [0.05, 0.1) is 16.4 Å². The van der Waals surface area contributed by atoms with Crippen molar-refractivity contribution in [3.05, 3.63) is 52.0 Å². The molecule has 2 aromatic rings. The molecular formula is C15H14BrClN2O2. The summed E-state index contributed by atoms with van der Waals surface area (Å²) in [7, 11) is 0. The minimum Gasteiger partial charge on any atom is -0.479 e. The number of nitrogens with one attached hydrogen (secondary N) is 1. The van der Waals surface area contributed by atoms with Gasteiger partial charge in [-0.25, -0.2) is 0 Å². The molecule has 3 N–H and O–H groups in total. The number of halogens is 2. The van der Waals surface area contributed by atoms with Crippen LogP contribution in [0.4, 0.5) is 11.4 Å². The Kier molecular flexibility index (Phi) is 5.09. The van der Waals surface area contributed by atoms with Crippen molar-refractivity contribution in [3.8, 4) is 5.75 Å².